The summed E-state index contributed by atoms with van der Waals surface area (Å²) in [6.07, 6.45) is 0. The molecule has 0 aliphatic carbocycles. The molecule has 1 amide bonds. The van der Waals surface area contributed by atoms with Crippen LogP contribution in [-0.2, 0) is 15.3 Å². The second-order valence-corrected chi connectivity index (χ2v) is 6.09. The van der Waals surface area contributed by atoms with Crippen molar-refractivity contribution in [1.82, 2.24) is 5.32 Å². The third-order valence-electron chi connectivity index (χ3n) is 2.87. The van der Waals surface area contributed by atoms with Gasteiger partial charge in [0, 0.05) is 5.75 Å². The van der Waals surface area contributed by atoms with Crippen LogP contribution in [0.5, 0.6) is 0 Å². The average molecular weight is 295 g/mol. The second kappa shape index (κ2) is 7.94. The van der Waals surface area contributed by atoms with Crippen LogP contribution < -0.4 is 5.32 Å². The van der Waals surface area contributed by atoms with Crippen LogP contribution in [0.3, 0.4) is 0 Å². The topological polar surface area (TPSA) is 66.4 Å². The molecule has 0 aliphatic rings. The van der Waals surface area contributed by atoms with E-state index in [4.69, 9.17) is 5.11 Å². The number of aliphatic carboxylic acids is 1. The molecular weight excluding hydrogens is 274 g/mol. The van der Waals surface area contributed by atoms with Gasteiger partial charge in [-0.15, -0.1) is 11.8 Å². The van der Waals surface area contributed by atoms with Crippen molar-refractivity contribution in [2.24, 2.45) is 5.92 Å². The Morgan fingerprint density at radius 2 is 1.85 bits per heavy atom. The SMILES string of the molecule is Cc1ccc(CSCC(=O)NC(C(=O)O)C(C)C)cc1. The fourth-order valence-corrected chi connectivity index (χ4v) is 2.47. The lowest BCUT2D eigenvalue weighted by molar-refractivity contribution is -0.142. The lowest BCUT2D eigenvalue weighted by atomic mass is 10.1. The molecule has 0 saturated heterocycles. The van der Waals surface area contributed by atoms with Crippen LogP contribution in [-0.4, -0.2) is 28.8 Å². The highest BCUT2D eigenvalue weighted by atomic mass is 32.2. The summed E-state index contributed by atoms with van der Waals surface area (Å²) in [4.78, 5) is 22.7. The summed E-state index contributed by atoms with van der Waals surface area (Å²) in [5.41, 5.74) is 2.37. The normalized spacial score (nSPS) is 12.2. The summed E-state index contributed by atoms with van der Waals surface area (Å²) < 4.78 is 0. The lowest BCUT2D eigenvalue weighted by Gasteiger charge is -2.17. The Labute approximate surface area is 124 Å². The van der Waals surface area contributed by atoms with Gasteiger partial charge in [-0.2, -0.15) is 0 Å². The number of carboxylic acids is 1. The van der Waals surface area contributed by atoms with E-state index in [9.17, 15) is 9.59 Å². The number of benzene rings is 1. The van der Waals surface area contributed by atoms with E-state index in [0.717, 1.165) is 11.3 Å². The minimum atomic E-state index is -0.989. The van der Waals surface area contributed by atoms with Crippen molar-refractivity contribution in [2.75, 3.05) is 5.75 Å². The molecule has 20 heavy (non-hydrogen) atoms. The molecule has 1 atom stereocenters. The highest BCUT2D eigenvalue weighted by molar-refractivity contribution is 7.99. The predicted molar refractivity (Wildman–Crippen MR) is 81.7 cm³/mol. The summed E-state index contributed by atoms with van der Waals surface area (Å²) in [6.45, 7) is 5.58. The van der Waals surface area contributed by atoms with E-state index in [1.54, 1.807) is 13.8 Å². The van der Waals surface area contributed by atoms with Crippen LogP contribution >= 0.6 is 11.8 Å². The Balaban J connectivity index is 2.36. The van der Waals surface area contributed by atoms with Crippen molar-refractivity contribution < 1.29 is 14.7 Å². The first-order valence-corrected chi connectivity index (χ1v) is 7.71. The Kier molecular flexibility index (Phi) is 6.58. The number of hydrogen-bond acceptors (Lipinski definition) is 3. The fraction of sp³-hybridized carbons (Fsp3) is 0.467. The van der Waals surface area contributed by atoms with Gasteiger partial charge < -0.3 is 10.4 Å². The molecule has 0 spiro atoms. The van der Waals surface area contributed by atoms with Crippen molar-refractivity contribution in [3.63, 3.8) is 0 Å². The third kappa shape index (κ3) is 5.65. The monoisotopic (exact) mass is 295 g/mol. The van der Waals surface area contributed by atoms with E-state index < -0.39 is 12.0 Å². The van der Waals surface area contributed by atoms with E-state index in [-0.39, 0.29) is 17.6 Å². The van der Waals surface area contributed by atoms with E-state index in [0.29, 0.717) is 0 Å². The number of carbonyl (C=O) groups excluding carboxylic acids is 1. The maximum absolute atomic E-state index is 11.7. The molecule has 0 heterocycles. The highest BCUT2D eigenvalue weighted by Crippen LogP contribution is 2.13. The molecule has 1 rings (SSSR count). The standard InChI is InChI=1S/C15H21NO3S/c1-10(2)14(15(18)19)16-13(17)9-20-8-12-6-4-11(3)5-7-12/h4-7,10,14H,8-9H2,1-3H3,(H,16,17)(H,18,19). The van der Waals surface area contributed by atoms with Gasteiger partial charge in [0.1, 0.15) is 6.04 Å². The molecular formula is C15H21NO3S. The molecule has 2 N–H and O–H groups in total. The van der Waals surface area contributed by atoms with Crippen molar-refractivity contribution in [3.05, 3.63) is 35.4 Å². The Hall–Kier alpha value is -1.49. The molecule has 1 aromatic rings. The molecule has 1 unspecified atom stereocenters. The molecule has 0 aromatic heterocycles. The highest BCUT2D eigenvalue weighted by Gasteiger charge is 2.22. The Morgan fingerprint density at radius 3 is 2.35 bits per heavy atom. The first-order chi connectivity index (χ1) is 9.40. The van der Waals surface area contributed by atoms with Crippen LogP contribution in [0.15, 0.2) is 24.3 Å². The van der Waals surface area contributed by atoms with Gasteiger partial charge in [-0.05, 0) is 18.4 Å². The van der Waals surface area contributed by atoms with Gasteiger partial charge in [-0.1, -0.05) is 43.7 Å². The van der Waals surface area contributed by atoms with Crippen LogP contribution in [0.1, 0.15) is 25.0 Å². The molecule has 1 aromatic carbocycles. The van der Waals surface area contributed by atoms with Gasteiger partial charge in [0.15, 0.2) is 0 Å². The number of carbonyl (C=O) groups is 2. The van der Waals surface area contributed by atoms with E-state index in [2.05, 4.69) is 5.32 Å². The zero-order chi connectivity index (χ0) is 15.1. The molecule has 0 bridgehead atoms. The summed E-state index contributed by atoms with van der Waals surface area (Å²) >= 11 is 1.48. The predicted octanol–water partition coefficient (Wildman–Crippen LogP) is 2.45. The van der Waals surface area contributed by atoms with Crippen LogP contribution in [0.25, 0.3) is 0 Å². The van der Waals surface area contributed by atoms with Crippen molar-refractivity contribution >= 4 is 23.6 Å². The smallest absolute Gasteiger partial charge is 0.326 e. The molecule has 0 fully saturated rings. The Morgan fingerprint density at radius 1 is 1.25 bits per heavy atom. The minimum absolute atomic E-state index is 0.126. The number of aryl methyl sites for hydroxylation is 1. The number of rotatable bonds is 7. The average Bonchev–Trinajstić information content (AvgIpc) is 2.37. The largest absolute Gasteiger partial charge is 0.480 e. The molecule has 0 saturated carbocycles. The van der Waals surface area contributed by atoms with Gasteiger partial charge in [0.05, 0.1) is 5.75 Å². The van der Waals surface area contributed by atoms with Crippen molar-refractivity contribution in [1.29, 1.82) is 0 Å². The first-order valence-electron chi connectivity index (χ1n) is 6.55. The van der Waals surface area contributed by atoms with E-state index >= 15 is 0 Å². The number of carboxylic acid groups (broad SMARTS) is 1. The fourth-order valence-electron chi connectivity index (χ4n) is 1.67. The molecule has 5 heteroatoms. The van der Waals surface area contributed by atoms with Crippen molar-refractivity contribution in [3.8, 4) is 0 Å². The zero-order valence-corrected chi connectivity index (χ0v) is 12.9. The summed E-state index contributed by atoms with van der Waals surface area (Å²) in [6, 6.07) is 7.33. The van der Waals surface area contributed by atoms with Crippen molar-refractivity contribution in [2.45, 2.75) is 32.6 Å². The third-order valence-corrected chi connectivity index (χ3v) is 3.88. The van der Waals surface area contributed by atoms with Gasteiger partial charge in [0.25, 0.3) is 0 Å². The van der Waals surface area contributed by atoms with Crippen LogP contribution in [0, 0.1) is 12.8 Å². The van der Waals surface area contributed by atoms with Crippen LogP contribution in [0.4, 0.5) is 0 Å². The van der Waals surface area contributed by atoms with Gasteiger partial charge >= 0.3 is 5.97 Å². The Bertz CT molecular complexity index is 457. The lowest BCUT2D eigenvalue weighted by Crippen LogP contribution is -2.45. The summed E-state index contributed by atoms with van der Waals surface area (Å²) in [5, 5.41) is 11.6. The van der Waals surface area contributed by atoms with Gasteiger partial charge in [-0.25, -0.2) is 4.79 Å². The summed E-state index contributed by atoms with van der Waals surface area (Å²) in [7, 11) is 0. The minimum Gasteiger partial charge on any atom is -0.480 e. The number of hydrogen-bond donors (Lipinski definition) is 2. The molecule has 0 radical (unpaired) electrons. The van der Waals surface area contributed by atoms with E-state index in [1.807, 2.05) is 31.2 Å². The molecule has 0 aliphatic heterocycles. The summed E-state index contributed by atoms with van der Waals surface area (Å²) in [5.74, 6) is -0.337. The van der Waals surface area contributed by atoms with Gasteiger partial charge in [0.2, 0.25) is 5.91 Å². The maximum atomic E-state index is 11.7. The maximum Gasteiger partial charge on any atom is 0.326 e. The van der Waals surface area contributed by atoms with Gasteiger partial charge in [-0.3, -0.25) is 4.79 Å². The first kappa shape index (κ1) is 16.6. The van der Waals surface area contributed by atoms with Crippen LogP contribution in [0.2, 0.25) is 0 Å². The molecule has 4 nitrogen and oxygen atoms in total. The second-order valence-electron chi connectivity index (χ2n) is 5.11. The number of amides is 1. The zero-order valence-electron chi connectivity index (χ0n) is 12.1. The molecule has 110 valence electrons. The van der Waals surface area contributed by atoms with E-state index in [1.165, 1.54) is 17.3 Å². The number of nitrogens with one attached hydrogen (secondary N) is 1. The number of thioether (sulfide) groups is 1. The quantitative estimate of drug-likeness (QED) is 0.811.